The Bertz CT molecular complexity index is 482. The van der Waals surface area contributed by atoms with Gasteiger partial charge in [-0.2, -0.15) is 0 Å². The van der Waals surface area contributed by atoms with Crippen LogP contribution in [0, 0.1) is 0 Å². The molecule has 2 N–H and O–H groups in total. The molecule has 0 saturated heterocycles. The van der Waals surface area contributed by atoms with Crippen molar-refractivity contribution in [1.82, 2.24) is 4.98 Å². The topological polar surface area (TPSA) is 42.2 Å². The highest BCUT2D eigenvalue weighted by Gasteiger charge is 2.13. The van der Waals surface area contributed by atoms with Crippen molar-refractivity contribution in [3.05, 3.63) is 46.4 Å². The third-order valence-electron chi connectivity index (χ3n) is 3.22. The average Bonchev–Trinajstić information content (AvgIpc) is 2.90. The second-order valence-electron chi connectivity index (χ2n) is 4.45. The third kappa shape index (κ3) is 2.89. The van der Waals surface area contributed by atoms with Crippen molar-refractivity contribution in [2.45, 2.75) is 25.9 Å². The molecule has 0 aromatic carbocycles. The summed E-state index contributed by atoms with van der Waals surface area (Å²) in [5, 5.41) is 2.12. The van der Waals surface area contributed by atoms with E-state index in [-0.39, 0.29) is 0 Å². The molecule has 0 spiro atoms. The van der Waals surface area contributed by atoms with E-state index in [0.29, 0.717) is 12.6 Å². The molecule has 4 heteroatoms. The number of hydrogen-bond acceptors (Lipinski definition) is 4. The Labute approximate surface area is 112 Å². The van der Waals surface area contributed by atoms with E-state index in [4.69, 9.17) is 5.73 Å². The molecular weight excluding hydrogens is 242 g/mol. The van der Waals surface area contributed by atoms with Gasteiger partial charge in [0.05, 0.1) is 0 Å². The number of pyridine rings is 1. The van der Waals surface area contributed by atoms with Crippen LogP contribution in [-0.2, 0) is 13.0 Å². The van der Waals surface area contributed by atoms with Gasteiger partial charge in [0.15, 0.2) is 0 Å². The number of hydrogen-bond donors (Lipinski definition) is 1. The summed E-state index contributed by atoms with van der Waals surface area (Å²) in [4.78, 5) is 7.82. The lowest BCUT2D eigenvalue weighted by Crippen LogP contribution is -2.31. The molecule has 0 bridgehead atoms. The zero-order valence-corrected chi connectivity index (χ0v) is 11.7. The minimum absolute atomic E-state index is 0.441. The van der Waals surface area contributed by atoms with E-state index in [2.05, 4.69) is 41.4 Å². The van der Waals surface area contributed by atoms with Gasteiger partial charge in [0, 0.05) is 54.6 Å². The summed E-state index contributed by atoms with van der Waals surface area (Å²) in [5.41, 5.74) is 8.03. The number of thiophene rings is 1. The van der Waals surface area contributed by atoms with E-state index in [1.807, 2.05) is 29.8 Å². The molecule has 0 aliphatic carbocycles. The lowest BCUT2D eigenvalue weighted by atomic mass is 10.1. The molecule has 2 aromatic heterocycles. The quantitative estimate of drug-likeness (QED) is 0.899. The van der Waals surface area contributed by atoms with Gasteiger partial charge in [-0.3, -0.25) is 4.98 Å². The van der Waals surface area contributed by atoms with Crippen molar-refractivity contribution >= 4 is 17.0 Å². The maximum absolute atomic E-state index is 5.76. The molecule has 2 heterocycles. The normalized spacial score (nSPS) is 12.4. The number of nitrogens with zero attached hydrogens (tertiary/aromatic N) is 2. The number of nitrogens with two attached hydrogens (primary N) is 1. The van der Waals surface area contributed by atoms with Gasteiger partial charge in [-0.1, -0.05) is 6.07 Å². The van der Waals surface area contributed by atoms with Gasteiger partial charge in [-0.05, 0) is 24.4 Å². The standard InChI is InChI=1S/C14H19N3S/c1-11(8-13-4-3-7-18-13)17(2)14-5-6-16-10-12(14)9-15/h3-7,10-11H,8-9,15H2,1-2H3. The van der Waals surface area contributed by atoms with Crippen LogP contribution in [0.25, 0.3) is 0 Å². The first-order valence-corrected chi connectivity index (χ1v) is 6.98. The lowest BCUT2D eigenvalue weighted by molar-refractivity contribution is 0.684. The summed E-state index contributed by atoms with van der Waals surface area (Å²) in [6.07, 6.45) is 4.73. The molecule has 18 heavy (non-hydrogen) atoms. The maximum Gasteiger partial charge on any atom is 0.0442 e. The van der Waals surface area contributed by atoms with Crippen LogP contribution >= 0.6 is 11.3 Å². The summed E-state index contributed by atoms with van der Waals surface area (Å²) >= 11 is 1.81. The Morgan fingerprint density at radius 1 is 1.44 bits per heavy atom. The average molecular weight is 261 g/mol. The molecule has 3 nitrogen and oxygen atoms in total. The van der Waals surface area contributed by atoms with E-state index in [1.165, 1.54) is 10.6 Å². The van der Waals surface area contributed by atoms with Gasteiger partial charge in [0.25, 0.3) is 0 Å². The smallest absolute Gasteiger partial charge is 0.0442 e. The predicted molar refractivity (Wildman–Crippen MR) is 78.0 cm³/mol. The second kappa shape index (κ2) is 5.98. The SMILES string of the molecule is CC(Cc1cccs1)N(C)c1ccncc1CN. The van der Waals surface area contributed by atoms with Crippen LogP contribution in [0.15, 0.2) is 36.0 Å². The molecule has 0 aliphatic heterocycles. The van der Waals surface area contributed by atoms with Gasteiger partial charge >= 0.3 is 0 Å². The molecule has 1 unspecified atom stereocenters. The first kappa shape index (κ1) is 13.1. The van der Waals surface area contributed by atoms with Crippen molar-refractivity contribution in [3.8, 4) is 0 Å². The zero-order valence-electron chi connectivity index (χ0n) is 10.8. The fourth-order valence-electron chi connectivity index (χ4n) is 2.02. The highest BCUT2D eigenvalue weighted by Crippen LogP contribution is 2.22. The van der Waals surface area contributed by atoms with Gasteiger partial charge in [-0.15, -0.1) is 11.3 Å². The summed E-state index contributed by atoms with van der Waals surface area (Å²) in [6, 6.07) is 6.76. The summed E-state index contributed by atoms with van der Waals surface area (Å²) in [6.45, 7) is 2.76. The Morgan fingerprint density at radius 2 is 2.28 bits per heavy atom. The number of likely N-dealkylation sites (N-methyl/N-ethyl adjacent to an activating group) is 1. The van der Waals surface area contributed by atoms with Gasteiger partial charge in [0.1, 0.15) is 0 Å². The van der Waals surface area contributed by atoms with Gasteiger partial charge in [-0.25, -0.2) is 0 Å². The third-order valence-corrected chi connectivity index (χ3v) is 4.11. The molecule has 1 atom stereocenters. The summed E-state index contributed by atoms with van der Waals surface area (Å²) in [7, 11) is 2.12. The first-order chi connectivity index (χ1) is 8.72. The van der Waals surface area contributed by atoms with Crippen LogP contribution in [0.3, 0.4) is 0 Å². The van der Waals surface area contributed by atoms with Crippen LogP contribution < -0.4 is 10.6 Å². The number of aromatic nitrogens is 1. The Morgan fingerprint density at radius 3 is 2.94 bits per heavy atom. The first-order valence-electron chi connectivity index (χ1n) is 6.10. The summed E-state index contributed by atoms with van der Waals surface area (Å²) in [5.74, 6) is 0. The van der Waals surface area contributed by atoms with Crippen LogP contribution in [0.2, 0.25) is 0 Å². The minimum atomic E-state index is 0.441. The monoisotopic (exact) mass is 261 g/mol. The van der Waals surface area contributed by atoms with Crippen molar-refractivity contribution < 1.29 is 0 Å². The highest BCUT2D eigenvalue weighted by molar-refractivity contribution is 7.09. The second-order valence-corrected chi connectivity index (χ2v) is 5.48. The van der Waals surface area contributed by atoms with Gasteiger partial charge in [0.2, 0.25) is 0 Å². The fourth-order valence-corrected chi connectivity index (χ4v) is 2.84. The van der Waals surface area contributed by atoms with Crippen molar-refractivity contribution in [1.29, 1.82) is 0 Å². The lowest BCUT2D eigenvalue weighted by Gasteiger charge is -2.28. The molecule has 2 aromatic rings. The largest absolute Gasteiger partial charge is 0.371 e. The Hall–Kier alpha value is -1.39. The summed E-state index contributed by atoms with van der Waals surface area (Å²) < 4.78 is 0. The predicted octanol–water partition coefficient (Wildman–Crippen LogP) is 2.67. The van der Waals surface area contributed by atoms with E-state index in [0.717, 1.165) is 12.0 Å². The van der Waals surface area contributed by atoms with Crippen molar-refractivity contribution in [2.24, 2.45) is 5.73 Å². The molecule has 2 rings (SSSR count). The van der Waals surface area contributed by atoms with E-state index < -0.39 is 0 Å². The van der Waals surface area contributed by atoms with E-state index in [9.17, 15) is 0 Å². The Kier molecular flexibility index (Phi) is 4.33. The van der Waals surface area contributed by atoms with E-state index in [1.54, 1.807) is 0 Å². The maximum atomic E-state index is 5.76. The van der Waals surface area contributed by atoms with Crippen LogP contribution in [-0.4, -0.2) is 18.1 Å². The minimum Gasteiger partial charge on any atom is -0.371 e. The van der Waals surface area contributed by atoms with Crippen LogP contribution in [0.5, 0.6) is 0 Å². The Balaban J connectivity index is 2.12. The molecule has 96 valence electrons. The van der Waals surface area contributed by atoms with E-state index >= 15 is 0 Å². The number of anilines is 1. The van der Waals surface area contributed by atoms with Crippen molar-refractivity contribution in [2.75, 3.05) is 11.9 Å². The molecule has 0 fully saturated rings. The number of rotatable bonds is 5. The van der Waals surface area contributed by atoms with Gasteiger partial charge < -0.3 is 10.6 Å². The molecule has 0 saturated carbocycles. The molecule has 0 radical (unpaired) electrons. The van der Waals surface area contributed by atoms with Crippen molar-refractivity contribution in [3.63, 3.8) is 0 Å². The highest BCUT2D eigenvalue weighted by atomic mass is 32.1. The van der Waals surface area contributed by atoms with Crippen LogP contribution in [0.4, 0.5) is 5.69 Å². The zero-order chi connectivity index (χ0) is 13.0. The fraction of sp³-hybridized carbons (Fsp3) is 0.357. The molecular formula is C14H19N3S. The molecule has 0 aliphatic rings. The molecule has 0 amide bonds. The van der Waals surface area contributed by atoms with Crippen LogP contribution in [0.1, 0.15) is 17.4 Å².